The molecule has 0 aliphatic carbocycles. The quantitative estimate of drug-likeness (QED) is 0.858. The van der Waals surface area contributed by atoms with E-state index in [-0.39, 0.29) is 6.04 Å². The van der Waals surface area contributed by atoms with Crippen LogP contribution < -0.4 is 11.2 Å². The predicted molar refractivity (Wildman–Crippen MR) is 76.0 cm³/mol. The third-order valence-corrected chi connectivity index (χ3v) is 3.94. The van der Waals surface area contributed by atoms with Crippen LogP contribution in [0.25, 0.3) is 0 Å². The van der Waals surface area contributed by atoms with E-state index in [1.165, 1.54) is 24.8 Å². The molecule has 1 saturated heterocycles. The summed E-state index contributed by atoms with van der Waals surface area (Å²) in [5.41, 5.74) is 10.8. The first kappa shape index (κ1) is 13.5. The maximum atomic E-state index is 5.92. The third kappa shape index (κ3) is 3.10. The Balaban J connectivity index is 2.05. The highest BCUT2D eigenvalue weighted by Crippen LogP contribution is 2.22. The molecule has 3 N–H and O–H groups in total. The Bertz CT molecular complexity index is 342. The molecule has 0 aromatic heterocycles. The van der Waals surface area contributed by atoms with E-state index in [4.69, 9.17) is 5.73 Å². The number of hydrazine groups is 1. The Morgan fingerprint density at radius 1 is 1.22 bits per heavy atom. The normalized spacial score (nSPS) is 27.1. The zero-order valence-corrected chi connectivity index (χ0v) is 11.5. The summed E-state index contributed by atoms with van der Waals surface area (Å²) in [5.74, 6) is 0. The molecule has 1 aromatic rings. The van der Waals surface area contributed by atoms with E-state index in [9.17, 15) is 0 Å². The molecule has 2 rings (SSSR count). The minimum atomic E-state index is 0.217. The number of nitrogens with two attached hydrogens (primary N) is 1. The minimum absolute atomic E-state index is 0.217. The van der Waals surface area contributed by atoms with E-state index in [0.717, 1.165) is 0 Å². The van der Waals surface area contributed by atoms with Crippen molar-refractivity contribution >= 4 is 0 Å². The Labute approximate surface area is 110 Å². The summed E-state index contributed by atoms with van der Waals surface area (Å²) >= 11 is 0. The van der Waals surface area contributed by atoms with Crippen LogP contribution in [0.15, 0.2) is 30.3 Å². The summed E-state index contributed by atoms with van der Waals surface area (Å²) in [6.45, 7) is 5.21. The molecule has 1 aromatic carbocycles. The largest absolute Gasteiger partial charge is 0.329 e. The fraction of sp³-hybridized carbons (Fsp3) is 0.600. The second-order valence-corrected chi connectivity index (χ2v) is 5.36. The van der Waals surface area contributed by atoms with Gasteiger partial charge in [0.15, 0.2) is 0 Å². The smallest absolute Gasteiger partial charge is 0.0587 e. The van der Waals surface area contributed by atoms with Crippen LogP contribution in [0.3, 0.4) is 0 Å². The van der Waals surface area contributed by atoms with Gasteiger partial charge in [-0.1, -0.05) is 36.8 Å². The van der Waals surface area contributed by atoms with Gasteiger partial charge in [-0.25, -0.2) is 10.4 Å². The van der Waals surface area contributed by atoms with E-state index in [2.05, 4.69) is 48.5 Å². The summed E-state index contributed by atoms with van der Waals surface area (Å²) in [7, 11) is 0. The van der Waals surface area contributed by atoms with Crippen molar-refractivity contribution in [1.82, 2.24) is 10.4 Å². The zero-order valence-electron chi connectivity index (χ0n) is 11.5. The van der Waals surface area contributed by atoms with E-state index >= 15 is 0 Å². The van der Waals surface area contributed by atoms with Crippen LogP contribution in [0.5, 0.6) is 0 Å². The van der Waals surface area contributed by atoms with Gasteiger partial charge in [0, 0.05) is 18.6 Å². The molecule has 0 saturated carbocycles. The number of hydrogen-bond donors (Lipinski definition) is 2. The number of nitrogens with zero attached hydrogens (tertiary/aromatic N) is 1. The molecule has 1 fully saturated rings. The molecule has 1 aliphatic rings. The molecule has 0 spiro atoms. The average Bonchev–Trinajstić information content (AvgIpc) is 2.40. The molecule has 0 radical (unpaired) electrons. The maximum Gasteiger partial charge on any atom is 0.0587 e. The molecule has 3 heteroatoms. The lowest BCUT2D eigenvalue weighted by molar-refractivity contribution is 0.0304. The second-order valence-electron chi connectivity index (χ2n) is 5.36. The van der Waals surface area contributed by atoms with Crippen LogP contribution in [-0.4, -0.2) is 23.6 Å². The molecule has 0 amide bonds. The average molecular weight is 247 g/mol. The summed E-state index contributed by atoms with van der Waals surface area (Å²) in [6.07, 6.45) is 3.87. The van der Waals surface area contributed by atoms with E-state index in [1.807, 2.05) is 6.07 Å². The van der Waals surface area contributed by atoms with Crippen molar-refractivity contribution in [3.63, 3.8) is 0 Å². The van der Waals surface area contributed by atoms with Crippen LogP contribution in [0.1, 0.15) is 44.7 Å². The van der Waals surface area contributed by atoms with Gasteiger partial charge in [-0.15, -0.1) is 0 Å². The molecule has 100 valence electrons. The molecular weight excluding hydrogens is 222 g/mol. The molecular formula is C15H25N3. The Morgan fingerprint density at radius 2 is 1.83 bits per heavy atom. The summed E-state index contributed by atoms with van der Waals surface area (Å²) < 4.78 is 0. The summed E-state index contributed by atoms with van der Waals surface area (Å²) in [5, 5.41) is 2.40. The standard InChI is InChI=1S/C15H25N3/c1-12-7-6-8-13(2)18(12)17-15(11-16)14-9-4-3-5-10-14/h3-5,9-10,12-13,15,17H,6-8,11,16H2,1-2H3. The first-order valence-corrected chi connectivity index (χ1v) is 7.02. The second kappa shape index (κ2) is 6.32. The Hall–Kier alpha value is -0.900. The molecule has 0 bridgehead atoms. The van der Waals surface area contributed by atoms with E-state index < -0.39 is 0 Å². The molecule has 3 atom stereocenters. The van der Waals surface area contributed by atoms with Gasteiger partial charge in [-0.2, -0.15) is 0 Å². The molecule has 1 aliphatic heterocycles. The molecule has 3 nitrogen and oxygen atoms in total. The molecule has 1 heterocycles. The maximum absolute atomic E-state index is 5.92. The first-order chi connectivity index (χ1) is 8.72. The minimum Gasteiger partial charge on any atom is -0.329 e. The summed E-state index contributed by atoms with van der Waals surface area (Å²) in [4.78, 5) is 0. The van der Waals surface area contributed by atoms with Crippen molar-refractivity contribution in [3.8, 4) is 0 Å². The van der Waals surface area contributed by atoms with Crippen molar-refractivity contribution in [2.45, 2.75) is 51.2 Å². The van der Waals surface area contributed by atoms with Gasteiger partial charge in [0.05, 0.1) is 6.04 Å². The van der Waals surface area contributed by atoms with Gasteiger partial charge in [-0.3, -0.25) is 0 Å². The Kier molecular flexibility index (Phi) is 4.75. The number of benzene rings is 1. The van der Waals surface area contributed by atoms with Gasteiger partial charge >= 0.3 is 0 Å². The van der Waals surface area contributed by atoms with E-state index in [1.54, 1.807) is 0 Å². The summed E-state index contributed by atoms with van der Waals surface area (Å²) in [6, 6.07) is 11.9. The van der Waals surface area contributed by atoms with Crippen molar-refractivity contribution in [3.05, 3.63) is 35.9 Å². The zero-order chi connectivity index (χ0) is 13.0. The lowest BCUT2D eigenvalue weighted by atomic mass is 9.99. The lowest BCUT2D eigenvalue weighted by Gasteiger charge is -2.41. The van der Waals surface area contributed by atoms with Crippen molar-refractivity contribution in [2.75, 3.05) is 6.54 Å². The number of nitrogens with one attached hydrogen (secondary N) is 1. The molecule has 18 heavy (non-hydrogen) atoms. The topological polar surface area (TPSA) is 41.3 Å². The highest BCUT2D eigenvalue weighted by Gasteiger charge is 2.26. The third-order valence-electron chi connectivity index (χ3n) is 3.94. The number of hydrogen-bond acceptors (Lipinski definition) is 3. The van der Waals surface area contributed by atoms with Crippen molar-refractivity contribution < 1.29 is 0 Å². The number of rotatable bonds is 4. The highest BCUT2D eigenvalue weighted by atomic mass is 15.5. The van der Waals surface area contributed by atoms with Crippen LogP contribution in [0.2, 0.25) is 0 Å². The highest BCUT2D eigenvalue weighted by molar-refractivity contribution is 5.19. The van der Waals surface area contributed by atoms with Crippen LogP contribution in [0.4, 0.5) is 0 Å². The Morgan fingerprint density at radius 3 is 2.39 bits per heavy atom. The lowest BCUT2D eigenvalue weighted by Crippen LogP contribution is -2.54. The molecule has 3 unspecified atom stereocenters. The SMILES string of the molecule is CC1CCCC(C)N1NC(CN)c1ccccc1. The van der Waals surface area contributed by atoms with Gasteiger partial charge in [-0.05, 0) is 32.3 Å². The van der Waals surface area contributed by atoms with Crippen LogP contribution in [-0.2, 0) is 0 Å². The van der Waals surface area contributed by atoms with E-state index in [0.29, 0.717) is 18.6 Å². The van der Waals surface area contributed by atoms with Gasteiger partial charge in [0.25, 0.3) is 0 Å². The fourth-order valence-corrected chi connectivity index (χ4v) is 2.80. The monoisotopic (exact) mass is 247 g/mol. The van der Waals surface area contributed by atoms with Gasteiger partial charge in [0.2, 0.25) is 0 Å². The first-order valence-electron chi connectivity index (χ1n) is 7.02. The fourth-order valence-electron chi connectivity index (χ4n) is 2.80. The number of piperidine rings is 1. The van der Waals surface area contributed by atoms with Gasteiger partial charge in [0.1, 0.15) is 0 Å². The van der Waals surface area contributed by atoms with Crippen LogP contribution in [0, 0.1) is 0 Å². The van der Waals surface area contributed by atoms with Gasteiger partial charge < -0.3 is 5.73 Å². The van der Waals surface area contributed by atoms with Crippen LogP contribution >= 0.6 is 0 Å². The predicted octanol–water partition coefficient (Wildman–Crippen LogP) is 2.45. The van der Waals surface area contributed by atoms with Crippen molar-refractivity contribution in [2.24, 2.45) is 5.73 Å². The van der Waals surface area contributed by atoms with Crippen molar-refractivity contribution in [1.29, 1.82) is 0 Å².